The molecule has 5 nitrogen and oxygen atoms in total. The molecule has 0 bridgehead atoms. The summed E-state index contributed by atoms with van der Waals surface area (Å²) in [5, 5.41) is 5.10. The lowest BCUT2D eigenvalue weighted by molar-refractivity contribution is 0.670. The van der Waals surface area contributed by atoms with E-state index in [0.29, 0.717) is 5.82 Å². The summed E-state index contributed by atoms with van der Waals surface area (Å²) in [6.45, 7) is 0. The molecule has 0 aliphatic rings. The Morgan fingerprint density at radius 3 is 1.92 bits per heavy atom. The first-order valence-corrected chi connectivity index (χ1v) is 15.9. The van der Waals surface area contributed by atoms with Gasteiger partial charge in [-0.2, -0.15) is 0 Å². The second-order valence-electron chi connectivity index (χ2n) is 12.0. The van der Waals surface area contributed by atoms with Crippen LogP contribution in [-0.4, -0.2) is 15.0 Å². The third-order valence-corrected chi connectivity index (χ3v) is 9.09. The van der Waals surface area contributed by atoms with Crippen LogP contribution in [0.25, 0.3) is 99.9 Å². The van der Waals surface area contributed by atoms with Crippen molar-refractivity contribution in [1.29, 1.82) is 0 Å². The van der Waals surface area contributed by atoms with Crippen molar-refractivity contribution >= 4 is 54.8 Å². The zero-order chi connectivity index (χ0) is 31.6. The fraction of sp³-hybridized carbons (Fsp3) is 0. The predicted molar refractivity (Wildman–Crippen MR) is 194 cm³/mol. The molecule has 0 amide bonds. The normalized spacial score (nSPS) is 11.8. The fourth-order valence-corrected chi connectivity index (χ4v) is 6.82. The van der Waals surface area contributed by atoms with Crippen molar-refractivity contribution in [1.82, 2.24) is 15.0 Å². The van der Waals surface area contributed by atoms with Gasteiger partial charge in [-0.3, -0.25) is 0 Å². The van der Waals surface area contributed by atoms with Gasteiger partial charge in [-0.25, -0.2) is 15.0 Å². The summed E-state index contributed by atoms with van der Waals surface area (Å²) in [5.74, 6) is 0.644. The van der Waals surface area contributed by atoms with Crippen LogP contribution in [0.1, 0.15) is 0 Å². The first kappa shape index (κ1) is 26.6. The molecule has 0 spiro atoms. The van der Waals surface area contributed by atoms with Crippen LogP contribution < -0.4 is 0 Å². The minimum atomic E-state index is 0.644. The van der Waals surface area contributed by atoms with Crippen LogP contribution in [0.2, 0.25) is 0 Å². The molecule has 0 saturated carbocycles. The van der Waals surface area contributed by atoms with Gasteiger partial charge in [0.2, 0.25) is 0 Å². The van der Waals surface area contributed by atoms with E-state index in [1.807, 2.05) is 91.0 Å². The van der Waals surface area contributed by atoms with Gasteiger partial charge in [0.1, 0.15) is 22.3 Å². The number of hydrogen-bond acceptors (Lipinski definition) is 5. The number of aromatic nitrogens is 3. The monoisotopic (exact) mass is 615 g/mol. The Bertz CT molecular complexity index is 2840. The Morgan fingerprint density at radius 2 is 1.06 bits per heavy atom. The van der Waals surface area contributed by atoms with E-state index < -0.39 is 0 Å². The first-order chi connectivity index (χ1) is 23.8. The van der Waals surface area contributed by atoms with Gasteiger partial charge in [-0.15, -0.1) is 0 Å². The molecule has 0 radical (unpaired) electrons. The molecule has 0 unspecified atom stereocenters. The number of pyridine rings is 1. The number of nitrogens with zero attached hydrogens (tertiary/aromatic N) is 3. The standard InChI is InChI=1S/C43H25N3O2/c1-3-12-26(13-4-1)40-39-33-24-28(22-23-38(33)48-42(39)31-17-7-9-20-34(31)44-40)35-25-36(46-43(45-35)27-14-5-2-6-15-27)32-19-11-18-30-29-16-8-10-21-37(29)47-41(30)32/h1-25H. The number of fused-ring (bicyclic) bond motifs is 8. The van der Waals surface area contributed by atoms with Crippen molar-refractivity contribution in [3.8, 4) is 45.2 Å². The van der Waals surface area contributed by atoms with Crippen molar-refractivity contribution in [2.24, 2.45) is 0 Å². The van der Waals surface area contributed by atoms with Crippen LogP contribution in [0.4, 0.5) is 0 Å². The SMILES string of the molecule is c1ccc(-c2nc(-c3ccc4oc5c6ccccc6nc(-c6ccccc6)c5c4c3)cc(-c3cccc4c3oc3ccccc34)n2)cc1. The van der Waals surface area contributed by atoms with E-state index in [1.165, 1.54) is 0 Å². The topological polar surface area (TPSA) is 65.0 Å². The van der Waals surface area contributed by atoms with Gasteiger partial charge in [0.25, 0.3) is 0 Å². The quantitative estimate of drug-likeness (QED) is 0.197. The molecule has 224 valence electrons. The lowest BCUT2D eigenvalue weighted by atomic mass is 10.00. The maximum Gasteiger partial charge on any atom is 0.160 e. The van der Waals surface area contributed by atoms with Crippen LogP contribution in [0.5, 0.6) is 0 Å². The number of rotatable bonds is 4. The molecule has 6 aromatic carbocycles. The summed E-state index contributed by atoms with van der Waals surface area (Å²) < 4.78 is 13.0. The van der Waals surface area contributed by atoms with E-state index in [0.717, 1.165) is 94.1 Å². The second kappa shape index (κ2) is 10.5. The summed E-state index contributed by atoms with van der Waals surface area (Å²) in [6, 6.07) is 51.3. The van der Waals surface area contributed by atoms with Gasteiger partial charge in [0, 0.05) is 43.8 Å². The number of hydrogen-bond donors (Lipinski definition) is 0. The molecule has 5 heteroatoms. The average molecular weight is 616 g/mol. The Labute approximate surface area is 274 Å². The third kappa shape index (κ3) is 4.15. The van der Waals surface area contributed by atoms with Crippen LogP contribution in [0.15, 0.2) is 160 Å². The third-order valence-electron chi connectivity index (χ3n) is 9.09. The van der Waals surface area contributed by atoms with Crippen LogP contribution in [0, 0.1) is 0 Å². The van der Waals surface area contributed by atoms with E-state index >= 15 is 0 Å². The fourth-order valence-electron chi connectivity index (χ4n) is 6.82. The van der Waals surface area contributed by atoms with E-state index in [1.54, 1.807) is 0 Å². The number of para-hydroxylation sites is 3. The van der Waals surface area contributed by atoms with Gasteiger partial charge < -0.3 is 8.83 Å². The molecular weight excluding hydrogens is 590 g/mol. The lowest BCUT2D eigenvalue weighted by Crippen LogP contribution is -1.96. The summed E-state index contributed by atoms with van der Waals surface area (Å²) in [5.41, 5.74) is 10.5. The van der Waals surface area contributed by atoms with Crippen molar-refractivity contribution in [2.75, 3.05) is 0 Å². The average Bonchev–Trinajstić information content (AvgIpc) is 3.74. The highest BCUT2D eigenvalue weighted by atomic mass is 16.3. The smallest absolute Gasteiger partial charge is 0.160 e. The minimum absolute atomic E-state index is 0.644. The lowest BCUT2D eigenvalue weighted by Gasteiger charge is -2.10. The minimum Gasteiger partial charge on any atom is -0.455 e. The molecule has 0 atom stereocenters. The molecule has 0 aliphatic carbocycles. The molecule has 0 saturated heterocycles. The molecular formula is C43H25N3O2. The molecule has 10 aromatic rings. The van der Waals surface area contributed by atoms with Crippen molar-refractivity contribution < 1.29 is 8.83 Å². The summed E-state index contributed by atoms with van der Waals surface area (Å²) in [7, 11) is 0. The van der Waals surface area contributed by atoms with Gasteiger partial charge in [-0.05, 0) is 48.5 Å². The van der Waals surface area contributed by atoms with Crippen molar-refractivity contribution in [2.45, 2.75) is 0 Å². The predicted octanol–water partition coefficient (Wildman–Crippen LogP) is 11.5. The van der Waals surface area contributed by atoms with E-state index in [4.69, 9.17) is 23.8 Å². The molecule has 0 fully saturated rings. The number of benzene rings is 6. The Balaban J connectivity index is 1.24. The zero-order valence-electron chi connectivity index (χ0n) is 25.6. The molecule has 48 heavy (non-hydrogen) atoms. The van der Waals surface area contributed by atoms with Crippen LogP contribution in [-0.2, 0) is 0 Å². The van der Waals surface area contributed by atoms with Crippen molar-refractivity contribution in [3.63, 3.8) is 0 Å². The van der Waals surface area contributed by atoms with Gasteiger partial charge in [0.15, 0.2) is 5.82 Å². The van der Waals surface area contributed by atoms with E-state index in [2.05, 4.69) is 60.7 Å². The summed E-state index contributed by atoms with van der Waals surface area (Å²) in [4.78, 5) is 15.4. The molecule has 4 aromatic heterocycles. The number of furan rings is 2. The molecule has 0 aliphatic heterocycles. The highest BCUT2D eigenvalue weighted by molar-refractivity contribution is 6.19. The highest BCUT2D eigenvalue weighted by Crippen LogP contribution is 2.42. The second-order valence-corrected chi connectivity index (χ2v) is 12.0. The first-order valence-electron chi connectivity index (χ1n) is 15.9. The Hall–Kier alpha value is -6.59. The van der Waals surface area contributed by atoms with Gasteiger partial charge in [0.05, 0.1) is 28.0 Å². The molecule has 0 N–H and O–H groups in total. The van der Waals surface area contributed by atoms with E-state index in [-0.39, 0.29) is 0 Å². The maximum absolute atomic E-state index is 6.60. The molecule has 10 rings (SSSR count). The summed E-state index contributed by atoms with van der Waals surface area (Å²) >= 11 is 0. The van der Waals surface area contributed by atoms with E-state index in [9.17, 15) is 0 Å². The summed E-state index contributed by atoms with van der Waals surface area (Å²) in [6.07, 6.45) is 0. The van der Waals surface area contributed by atoms with Gasteiger partial charge >= 0.3 is 0 Å². The molecule has 4 heterocycles. The zero-order valence-corrected chi connectivity index (χ0v) is 25.6. The highest BCUT2D eigenvalue weighted by Gasteiger charge is 2.20. The van der Waals surface area contributed by atoms with Crippen LogP contribution >= 0.6 is 0 Å². The Kier molecular flexibility index (Phi) is 5.81. The largest absolute Gasteiger partial charge is 0.455 e. The van der Waals surface area contributed by atoms with Crippen LogP contribution in [0.3, 0.4) is 0 Å². The Morgan fingerprint density at radius 1 is 0.396 bits per heavy atom. The van der Waals surface area contributed by atoms with Crippen molar-refractivity contribution in [3.05, 3.63) is 152 Å². The van der Waals surface area contributed by atoms with Gasteiger partial charge in [-0.1, -0.05) is 103 Å². The maximum atomic E-state index is 6.60.